The first-order valence-electron chi connectivity index (χ1n) is 10.7. The number of amides is 2. The van der Waals surface area contributed by atoms with Crippen molar-refractivity contribution >= 4 is 23.2 Å². The number of likely N-dealkylation sites (tertiary alicyclic amines) is 1. The van der Waals surface area contributed by atoms with Gasteiger partial charge in [0.2, 0.25) is 11.8 Å². The number of aryl methyl sites for hydroxylation is 1. The molecule has 162 valence electrons. The first-order chi connectivity index (χ1) is 14.6. The molecule has 1 saturated heterocycles. The number of carbonyl (C=O) groups excluding carboxylic acids is 2. The SMILES string of the molecule is CCOCCCNC(=O)C1CCN(C(=O)Cc2ccc(-c3csc(C)n3)cc2)CC1. The standard InChI is InChI=1S/C23H31N3O3S/c1-3-29-14-4-11-24-23(28)20-9-12-26(13-10-20)22(27)15-18-5-7-19(8-6-18)21-16-30-17(2)25-21/h5-8,16,20H,3-4,9-15H2,1-2H3,(H,24,28). The fourth-order valence-electron chi connectivity index (χ4n) is 3.64. The van der Waals surface area contributed by atoms with Crippen LogP contribution in [0, 0.1) is 12.8 Å². The van der Waals surface area contributed by atoms with Gasteiger partial charge < -0.3 is 15.0 Å². The maximum absolute atomic E-state index is 12.7. The van der Waals surface area contributed by atoms with Crippen LogP contribution in [0.1, 0.15) is 36.8 Å². The molecule has 2 aromatic rings. The van der Waals surface area contributed by atoms with E-state index < -0.39 is 0 Å². The van der Waals surface area contributed by atoms with Gasteiger partial charge in [-0.3, -0.25) is 9.59 Å². The first kappa shape index (κ1) is 22.4. The molecular weight excluding hydrogens is 398 g/mol. The Morgan fingerprint density at radius 3 is 2.60 bits per heavy atom. The lowest BCUT2D eigenvalue weighted by Gasteiger charge is -2.31. The third kappa shape index (κ3) is 6.37. The molecule has 0 spiro atoms. The third-order valence-corrected chi connectivity index (χ3v) is 6.18. The zero-order valence-electron chi connectivity index (χ0n) is 17.9. The van der Waals surface area contributed by atoms with E-state index in [0.29, 0.717) is 39.3 Å². The molecule has 2 amide bonds. The van der Waals surface area contributed by atoms with E-state index in [0.717, 1.165) is 41.1 Å². The smallest absolute Gasteiger partial charge is 0.226 e. The second-order valence-corrected chi connectivity index (χ2v) is 8.68. The highest BCUT2D eigenvalue weighted by Gasteiger charge is 2.27. The lowest BCUT2D eigenvalue weighted by Crippen LogP contribution is -2.43. The van der Waals surface area contributed by atoms with Crippen molar-refractivity contribution in [3.63, 3.8) is 0 Å². The molecule has 1 aliphatic heterocycles. The molecule has 0 radical (unpaired) electrons. The predicted octanol–water partition coefficient (Wildman–Crippen LogP) is 3.44. The van der Waals surface area contributed by atoms with Crippen LogP contribution in [0.3, 0.4) is 0 Å². The van der Waals surface area contributed by atoms with Crippen LogP contribution in [0.15, 0.2) is 29.6 Å². The quantitative estimate of drug-likeness (QED) is 0.620. The largest absolute Gasteiger partial charge is 0.382 e. The fraction of sp³-hybridized carbons (Fsp3) is 0.522. The van der Waals surface area contributed by atoms with E-state index in [-0.39, 0.29) is 17.7 Å². The average molecular weight is 430 g/mol. The topological polar surface area (TPSA) is 71.5 Å². The maximum Gasteiger partial charge on any atom is 0.226 e. The molecule has 1 aromatic carbocycles. The lowest BCUT2D eigenvalue weighted by molar-refractivity contribution is -0.135. The van der Waals surface area contributed by atoms with E-state index in [1.54, 1.807) is 11.3 Å². The van der Waals surface area contributed by atoms with Crippen LogP contribution in [0.2, 0.25) is 0 Å². The van der Waals surface area contributed by atoms with Gasteiger partial charge >= 0.3 is 0 Å². The minimum absolute atomic E-state index is 0.00185. The number of piperidine rings is 1. The van der Waals surface area contributed by atoms with Crippen LogP contribution in [-0.4, -0.2) is 54.5 Å². The molecule has 0 bridgehead atoms. The van der Waals surface area contributed by atoms with Crippen LogP contribution in [0.25, 0.3) is 11.3 Å². The van der Waals surface area contributed by atoms with Crippen LogP contribution in [-0.2, 0) is 20.7 Å². The zero-order valence-corrected chi connectivity index (χ0v) is 18.7. The molecule has 0 saturated carbocycles. The lowest BCUT2D eigenvalue weighted by atomic mass is 9.95. The Morgan fingerprint density at radius 2 is 1.97 bits per heavy atom. The highest BCUT2D eigenvalue weighted by atomic mass is 32.1. The van der Waals surface area contributed by atoms with Gasteiger partial charge in [0.15, 0.2) is 0 Å². The number of nitrogens with zero attached hydrogens (tertiary/aromatic N) is 2. The van der Waals surface area contributed by atoms with Crippen molar-refractivity contribution in [2.24, 2.45) is 5.92 Å². The number of rotatable bonds is 9. The van der Waals surface area contributed by atoms with Gasteiger partial charge in [0.05, 0.1) is 17.1 Å². The van der Waals surface area contributed by atoms with Crippen molar-refractivity contribution in [1.29, 1.82) is 0 Å². The Hall–Kier alpha value is -2.25. The van der Waals surface area contributed by atoms with Gasteiger partial charge in [0, 0.05) is 49.7 Å². The maximum atomic E-state index is 12.7. The van der Waals surface area contributed by atoms with E-state index in [1.807, 2.05) is 43.0 Å². The molecule has 1 N–H and O–H groups in total. The number of hydrogen-bond donors (Lipinski definition) is 1. The van der Waals surface area contributed by atoms with E-state index in [2.05, 4.69) is 15.7 Å². The summed E-state index contributed by atoms with van der Waals surface area (Å²) in [6, 6.07) is 8.06. The summed E-state index contributed by atoms with van der Waals surface area (Å²) in [4.78, 5) is 31.4. The van der Waals surface area contributed by atoms with Gasteiger partial charge in [0.1, 0.15) is 0 Å². The Bertz CT molecular complexity index is 826. The minimum atomic E-state index is 0.00185. The van der Waals surface area contributed by atoms with Crippen molar-refractivity contribution < 1.29 is 14.3 Å². The van der Waals surface area contributed by atoms with E-state index in [1.165, 1.54) is 0 Å². The molecule has 0 unspecified atom stereocenters. The summed E-state index contributed by atoms with van der Waals surface area (Å²) in [7, 11) is 0. The number of thiazole rings is 1. The number of nitrogens with one attached hydrogen (secondary N) is 1. The fourth-order valence-corrected chi connectivity index (χ4v) is 4.26. The van der Waals surface area contributed by atoms with Crippen molar-refractivity contribution in [1.82, 2.24) is 15.2 Å². The van der Waals surface area contributed by atoms with E-state index in [4.69, 9.17) is 4.74 Å². The van der Waals surface area contributed by atoms with Crippen LogP contribution in [0.5, 0.6) is 0 Å². The summed E-state index contributed by atoms with van der Waals surface area (Å²) in [6.07, 6.45) is 2.68. The van der Waals surface area contributed by atoms with Crippen molar-refractivity contribution in [2.75, 3.05) is 32.8 Å². The van der Waals surface area contributed by atoms with E-state index in [9.17, 15) is 9.59 Å². The Labute approximate surface area is 182 Å². The molecule has 1 aliphatic rings. The highest BCUT2D eigenvalue weighted by molar-refractivity contribution is 7.09. The molecule has 3 rings (SSSR count). The summed E-state index contributed by atoms with van der Waals surface area (Å²) >= 11 is 1.64. The summed E-state index contributed by atoms with van der Waals surface area (Å²) in [5.74, 6) is 0.233. The van der Waals surface area contributed by atoms with Crippen molar-refractivity contribution in [3.05, 3.63) is 40.2 Å². The molecule has 30 heavy (non-hydrogen) atoms. The molecule has 1 aromatic heterocycles. The monoisotopic (exact) mass is 429 g/mol. The summed E-state index contributed by atoms with van der Waals surface area (Å²) in [5, 5.41) is 6.09. The van der Waals surface area contributed by atoms with Gasteiger partial charge in [-0.25, -0.2) is 4.98 Å². The van der Waals surface area contributed by atoms with Crippen molar-refractivity contribution in [3.8, 4) is 11.3 Å². The minimum Gasteiger partial charge on any atom is -0.382 e. The van der Waals surface area contributed by atoms with Gasteiger partial charge in [-0.05, 0) is 38.7 Å². The number of benzene rings is 1. The molecular formula is C23H31N3O3S. The van der Waals surface area contributed by atoms with Gasteiger partial charge in [-0.15, -0.1) is 11.3 Å². The summed E-state index contributed by atoms with van der Waals surface area (Å²) < 4.78 is 5.28. The van der Waals surface area contributed by atoms with E-state index >= 15 is 0 Å². The summed E-state index contributed by atoms with van der Waals surface area (Å²) in [6.45, 7) is 7.28. The second-order valence-electron chi connectivity index (χ2n) is 7.62. The molecule has 6 nitrogen and oxygen atoms in total. The van der Waals surface area contributed by atoms with Crippen LogP contribution >= 0.6 is 11.3 Å². The predicted molar refractivity (Wildman–Crippen MR) is 119 cm³/mol. The highest BCUT2D eigenvalue weighted by Crippen LogP contribution is 2.23. The number of hydrogen-bond acceptors (Lipinski definition) is 5. The van der Waals surface area contributed by atoms with Crippen molar-refractivity contribution in [2.45, 2.75) is 39.5 Å². The third-order valence-electron chi connectivity index (χ3n) is 5.41. The Kier molecular flexibility index (Phi) is 8.39. The molecule has 2 heterocycles. The molecule has 1 fully saturated rings. The van der Waals surface area contributed by atoms with Gasteiger partial charge in [-0.1, -0.05) is 24.3 Å². The van der Waals surface area contributed by atoms with Crippen LogP contribution < -0.4 is 5.32 Å². The molecule has 7 heteroatoms. The average Bonchev–Trinajstić information content (AvgIpc) is 3.20. The van der Waals surface area contributed by atoms with Gasteiger partial charge in [0.25, 0.3) is 0 Å². The Balaban J connectivity index is 1.41. The normalized spacial score (nSPS) is 14.7. The summed E-state index contributed by atoms with van der Waals surface area (Å²) in [5.41, 5.74) is 3.06. The molecule has 0 aliphatic carbocycles. The van der Waals surface area contributed by atoms with Crippen LogP contribution in [0.4, 0.5) is 0 Å². The number of aromatic nitrogens is 1. The van der Waals surface area contributed by atoms with Gasteiger partial charge in [-0.2, -0.15) is 0 Å². The number of ether oxygens (including phenoxy) is 1. The Morgan fingerprint density at radius 1 is 1.23 bits per heavy atom. The molecule has 0 atom stereocenters. The first-order valence-corrected chi connectivity index (χ1v) is 11.6. The zero-order chi connectivity index (χ0) is 21.3. The second kappa shape index (κ2) is 11.2. The number of carbonyl (C=O) groups is 2.